The summed E-state index contributed by atoms with van der Waals surface area (Å²) in [5, 5.41) is 0. The van der Waals surface area contributed by atoms with Gasteiger partial charge < -0.3 is 9.47 Å². The molecule has 4 nitrogen and oxygen atoms in total. The van der Waals surface area contributed by atoms with E-state index >= 15 is 0 Å². The zero-order valence-corrected chi connectivity index (χ0v) is 15.9. The molecule has 0 radical (unpaired) electrons. The van der Waals surface area contributed by atoms with E-state index in [1.54, 1.807) is 24.3 Å². The van der Waals surface area contributed by atoms with Gasteiger partial charge in [-0.25, -0.2) is 9.59 Å². The smallest absolute Gasteiger partial charge is 0.339 e. The van der Waals surface area contributed by atoms with Crippen molar-refractivity contribution in [2.75, 3.05) is 0 Å². The molecule has 0 spiro atoms. The minimum atomic E-state index is -0.408. The van der Waals surface area contributed by atoms with Gasteiger partial charge in [0.25, 0.3) is 0 Å². The van der Waals surface area contributed by atoms with Gasteiger partial charge in [0.2, 0.25) is 0 Å². The van der Waals surface area contributed by atoms with Crippen molar-refractivity contribution in [2.24, 2.45) is 11.8 Å². The van der Waals surface area contributed by atoms with Gasteiger partial charge in [0, 0.05) is 0 Å². The molecule has 0 heterocycles. The number of ether oxygens (including phenoxy) is 2. The number of esters is 2. The van der Waals surface area contributed by atoms with Crippen molar-refractivity contribution in [3.05, 3.63) is 35.4 Å². The van der Waals surface area contributed by atoms with Crippen molar-refractivity contribution in [3.8, 4) is 0 Å². The third-order valence-corrected chi connectivity index (χ3v) is 5.84. The molecule has 1 aromatic rings. The van der Waals surface area contributed by atoms with E-state index in [0.29, 0.717) is 23.0 Å². The van der Waals surface area contributed by atoms with E-state index in [-0.39, 0.29) is 12.2 Å². The van der Waals surface area contributed by atoms with Crippen LogP contribution < -0.4 is 0 Å². The Morgan fingerprint density at radius 1 is 0.692 bits per heavy atom. The third-order valence-electron chi connectivity index (χ3n) is 5.84. The molecule has 0 aliphatic heterocycles. The lowest BCUT2D eigenvalue weighted by Crippen LogP contribution is -2.26. The Balaban J connectivity index is 1.63. The Labute approximate surface area is 156 Å². The summed E-state index contributed by atoms with van der Waals surface area (Å²) in [7, 11) is 0. The number of carbonyl (C=O) groups excluding carboxylic acids is 2. The Morgan fingerprint density at radius 3 is 1.38 bits per heavy atom. The van der Waals surface area contributed by atoms with Gasteiger partial charge in [-0.15, -0.1) is 0 Å². The molecule has 2 saturated carbocycles. The van der Waals surface area contributed by atoms with Crippen LogP contribution in [0.25, 0.3) is 0 Å². The van der Waals surface area contributed by atoms with Gasteiger partial charge in [-0.3, -0.25) is 0 Å². The van der Waals surface area contributed by atoms with E-state index in [1.807, 2.05) is 0 Å². The highest BCUT2D eigenvalue weighted by Crippen LogP contribution is 2.28. The van der Waals surface area contributed by atoms with Gasteiger partial charge in [0.15, 0.2) is 0 Å². The first kappa shape index (κ1) is 18.9. The van der Waals surface area contributed by atoms with E-state index in [4.69, 9.17) is 9.47 Å². The van der Waals surface area contributed by atoms with Crippen molar-refractivity contribution in [1.82, 2.24) is 0 Å². The Hall–Kier alpha value is -1.84. The fourth-order valence-corrected chi connectivity index (χ4v) is 3.96. The number of benzene rings is 1. The lowest BCUT2D eigenvalue weighted by atomic mass is 9.89. The molecule has 0 aromatic heterocycles. The molecule has 26 heavy (non-hydrogen) atoms. The first-order valence-electron chi connectivity index (χ1n) is 10.0. The third kappa shape index (κ3) is 4.87. The molecule has 3 rings (SSSR count). The highest BCUT2D eigenvalue weighted by Gasteiger charge is 2.27. The molecule has 0 amide bonds. The van der Waals surface area contributed by atoms with Crippen molar-refractivity contribution in [3.63, 3.8) is 0 Å². The topological polar surface area (TPSA) is 52.6 Å². The quantitative estimate of drug-likeness (QED) is 0.698. The SMILES string of the molecule is CC1CCC(OC(=O)c2ccccc2C(=O)OC2CCC(C)CC2)CC1. The molecule has 0 unspecified atom stereocenters. The van der Waals surface area contributed by atoms with Gasteiger partial charge in [-0.1, -0.05) is 26.0 Å². The van der Waals surface area contributed by atoms with Crippen molar-refractivity contribution in [1.29, 1.82) is 0 Å². The summed E-state index contributed by atoms with van der Waals surface area (Å²) in [6.45, 7) is 4.46. The van der Waals surface area contributed by atoms with Crippen LogP contribution in [0.5, 0.6) is 0 Å². The van der Waals surface area contributed by atoms with E-state index in [1.165, 1.54) is 0 Å². The highest BCUT2D eigenvalue weighted by atomic mass is 16.5. The van der Waals surface area contributed by atoms with Crippen LogP contribution in [0.2, 0.25) is 0 Å². The summed E-state index contributed by atoms with van der Waals surface area (Å²) in [5.41, 5.74) is 0.639. The van der Waals surface area contributed by atoms with E-state index in [9.17, 15) is 9.59 Å². The molecule has 2 aliphatic carbocycles. The predicted molar refractivity (Wildman–Crippen MR) is 100 cm³/mol. The summed E-state index contributed by atoms with van der Waals surface area (Å²) in [5.74, 6) is 0.583. The largest absolute Gasteiger partial charge is 0.459 e. The van der Waals surface area contributed by atoms with Crippen LogP contribution in [0.4, 0.5) is 0 Å². The summed E-state index contributed by atoms with van der Waals surface area (Å²) in [4.78, 5) is 25.2. The second kappa shape index (κ2) is 8.70. The zero-order chi connectivity index (χ0) is 18.5. The Bertz CT molecular complexity index is 568. The standard InChI is InChI=1S/C22H30O4/c1-15-7-11-17(12-8-15)25-21(23)19-5-3-4-6-20(19)22(24)26-18-13-9-16(2)10-14-18/h3-6,15-18H,7-14H2,1-2H3. The second-order valence-corrected chi connectivity index (χ2v) is 8.12. The molecule has 2 aliphatic rings. The summed E-state index contributed by atoms with van der Waals surface area (Å²) >= 11 is 0. The minimum absolute atomic E-state index is 0.0393. The lowest BCUT2D eigenvalue weighted by molar-refractivity contribution is 0.0128. The molecule has 4 heteroatoms. The number of carbonyl (C=O) groups is 2. The van der Waals surface area contributed by atoms with E-state index in [0.717, 1.165) is 51.4 Å². The summed E-state index contributed by atoms with van der Waals surface area (Å²) < 4.78 is 11.3. The predicted octanol–water partition coefficient (Wildman–Crippen LogP) is 5.16. The average molecular weight is 358 g/mol. The summed E-state index contributed by atoms with van der Waals surface area (Å²) in [6, 6.07) is 6.85. The van der Waals surface area contributed by atoms with Gasteiger partial charge in [0.05, 0.1) is 11.1 Å². The first-order chi connectivity index (χ1) is 12.5. The van der Waals surface area contributed by atoms with Crippen LogP contribution in [-0.4, -0.2) is 24.1 Å². The molecule has 2 fully saturated rings. The maximum atomic E-state index is 12.6. The maximum Gasteiger partial charge on any atom is 0.339 e. The molecule has 0 saturated heterocycles. The number of hydrogen-bond donors (Lipinski definition) is 0. The fourth-order valence-electron chi connectivity index (χ4n) is 3.96. The molecular formula is C22H30O4. The van der Waals surface area contributed by atoms with Gasteiger partial charge in [-0.05, 0) is 75.3 Å². The summed E-state index contributed by atoms with van der Waals surface area (Å²) in [6.07, 6.45) is 7.87. The second-order valence-electron chi connectivity index (χ2n) is 8.12. The number of rotatable bonds is 4. The van der Waals surface area contributed by atoms with E-state index < -0.39 is 11.9 Å². The van der Waals surface area contributed by atoms with Gasteiger partial charge in [-0.2, -0.15) is 0 Å². The first-order valence-corrected chi connectivity index (χ1v) is 10.0. The maximum absolute atomic E-state index is 12.6. The van der Waals surface area contributed by atoms with Gasteiger partial charge in [0.1, 0.15) is 12.2 Å². The normalized spacial score (nSPS) is 29.0. The highest BCUT2D eigenvalue weighted by molar-refractivity contribution is 6.03. The van der Waals surface area contributed by atoms with Crippen LogP contribution in [0, 0.1) is 11.8 Å². The van der Waals surface area contributed by atoms with Crippen LogP contribution in [-0.2, 0) is 9.47 Å². The molecule has 0 N–H and O–H groups in total. The lowest BCUT2D eigenvalue weighted by Gasteiger charge is -2.27. The van der Waals surface area contributed by atoms with E-state index in [2.05, 4.69) is 13.8 Å². The monoisotopic (exact) mass is 358 g/mol. The molecule has 1 aromatic carbocycles. The molecular weight excluding hydrogens is 328 g/mol. The number of hydrogen-bond acceptors (Lipinski definition) is 4. The molecule has 142 valence electrons. The van der Waals surface area contributed by atoms with Crippen LogP contribution in [0.1, 0.15) is 85.9 Å². The minimum Gasteiger partial charge on any atom is -0.459 e. The van der Waals surface area contributed by atoms with Crippen molar-refractivity contribution < 1.29 is 19.1 Å². The van der Waals surface area contributed by atoms with Crippen molar-refractivity contribution in [2.45, 2.75) is 77.4 Å². The van der Waals surface area contributed by atoms with Gasteiger partial charge >= 0.3 is 11.9 Å². The van der Waals surface area contributed by atoms with Crippen LogP contribution >= 0.6 is 0 Å². The van der Waals surface area contributed by atoms with Crippen LogP contribution in [0.15, 0.2) is 24.3 Å². The van der Waals surface area contributed by atoms with Crippen molar-refractivity contribution >= 4 is 11.9 Å². The molecule has 0 atom stereocenters. The molecule has 0 bridgehead atoms. The fraction of sp³-hybridized carbons (Fsp3) is 0.636. The van der Waals surface area contributed by atoms with Crippen LogP contribution in [0.3, 0.4) is 0 Å². The Kier molecular flexibility index (Phi) is 6.33. The Morgan fingerprint density at radius 2 is 1.04 bits per heavy atom. The zero-order valence-electron chi connectivity index (χ0n) is 15.9. The average Bonchev–Trinajstić information content (AvgIpc) is 2.65.